The molecule has 1 unspecified atom stereocenters. The van der Waals surface area contributed by atoms with Crippen LogP contribution >= 0.6 is 0 Å². The molecule has 0 aliphatic carbocycles. The Hall–Kier alpha value is -3.66. The van der Waals surface area contributed by atoms with Gasteiger partial charge in [0.1, 0.15) is 17.8 Å². The highest BCUT2D eigenvalue weighted by molar-refractivity contribution is 5.94. The van der Waals surface area contributed by atoms with Crippen molar-refractivity contribution in [1.82, 2.24) is 9.78 Å². The lowest BCUT2D eigenvalue weighted by molar-refractivity contribution is -0.119. The number of hydrogen-bond donors (Lipinski definition) is 1. The molecule has 1 aromatic carbocycles. The normalized spacial score (nSPS) is 11.5. The SMILES string of the molecule is CC(C(=O)Nc1ccccc1C#N)n1nc(-c2ccco2)ccc1=O. The van der Waals surface area contributed by atoms with Crippen LogP contribution in [0.1, 0.15) is 18.5 Å². The minimum absolute atomic E-state index is 0.340. The van der Waals surface area contributed by atoms with Crippen LogP contribution in [0.15, 0.2) is 64.0 Å². The fraction of sp³-hybridized carbons (Fsp3) is 0.111. The maximum Gasteiger partial charge on any atom is 0.267 e. The van der Waals surface area contributed by atoms with Gasteiger partial charge in [0.05, 0.1) is 17.5 Å². The number of carbonyl (C=O) groups excluding carboxylic acids is 1. The molecular formula is C18H14N4O3. The van der Waals surface area contributed by atoms with Crippen LogP contribution in [0.4, 0.5) is 5.69 Å². The molecule has 25 heavy (non-hydrogen) atoms. The first-order chi connectivity index (χ1) is 12.1. The molecule has 124 valence electrons. The van der Waals surface area contributed by atoms with E-state index in [1.165, 1.54) is 18.4 Å². The lowest BCUT2D eigenvalue weighted by atomic mass is 10.2. The monoisotopic (exact) mass is 334 g/mol. The summed E-state index contributed by atoms with van der Waals surface area (Å²) < 4.78 is 6.35. The maximum atomic E-state index is 12.5. The number of nitrogens with zero attached hydrogens (tertiary/aromatic N) is 3. The molecule has 0 spiro atoms. The van der Waals surface area contributed by atoms with Crippen LogP contribution in [0.25, 0.3) is 11.5 Å². The number of hydrogen-bond acceptors (Lipinski definition) is 5. The van der Waals surface area contributed by atoms with Crippen LogP contribution in [0, 0.1) is 11.3 Å². The van der Waals surface area contributed by atoms with E-state index in [1.54, 1.807) is 43.3 Å². The summed E-state index contributed by atoms with van der Waals surface area (Å²) in [6.07, 6.45) is 1.50. The number of amides is 1. The molecule has 3 rings (SSSR count). The summed E-state index contributed by atoms with van der Waals surface area (Å²) >= 11 is 0. The number of nitrogens with one attached hydrogen (secondary N) is 1. The summed E-state index contributed by atoms with van der Waals surface area (Å²) in [6, 6.07) is 14.1. The number of anilines is 1. The second kappa shape index (κ2) is 6.84. The van der Waals surface area contributed by atoms with Crippen LogP contribution in [-0.4, -0.2) is 15.7 Å². The second-order valence-electron chi connectivity index (χ2n) is 5.30. The van der Waals surface area contributed by atoms with E-state index in [-0.39, 0.29) is 0 Å². The van der Waals surface area contributed by atoms with Gasteiger partial charge in [0.25, 0.3) is 5.56 Å². The Morgan fingerprint density at radius 3 is 2.76 bits per heavy atom. The highest BCUT2D eigenvalue weighted by atomic mass is 16.3. The highest BCUT2D eigenvalue weighted by Crippen LogP contribution is 2.18. The summed E-state index contributed by atoms with van der Waals surface area (Å²) in [5.41, 5.74) is 0.762. The quantitative estimate of drug-likeness (QED) is 0.790. The summed E-state index contributed by atoms with van der Waals surface area (Å²) in [6.45, 7) is 1.56. The fourth-order valence-corrected chi connectivity index (χ4v) is 2.30. The lowest BCUT2D eigenvalue weighted by Gasteiger charge is -2.15. The zero-order chi connectivity index (χ0) is 17.8. The van der Waals surface area contributed by atoms with Gasteiger partial charge in [-0.2, -0.15) is 10.4 Å². The highest BCUT2D eigenvalue weighted by Gasteiger charge is 2.19. The summed E-state index contributed by atoms with van der Waals surface area (Å²) in [4.78, 5) is 24.6. The van der Waals surface area contributed by atoms with Crippen LogP contribution < -0.4 is 10.9 Å². The number of para-hydroxylation sites is 1. The maximum absolute atomic E-state index is 12.5. The van der Waals surface area contributed by atoms with Crippen molar-refractivity contribution in [2.45, 2.75) is 13.0 Å². The molecule has 0 aliphatic rings. The molecule has 1 amide bonds. The Morgan fingerprint density at radius 2 is 2.04 bits per heavy atom. The minimum atomic E-state index is -0.867. The summed E-state index contributed by atoms with van der Waals surface area (Å²) in [5.74, 6) is 0.0464. The molecule has 7 nitrogen and oxygen atoms in total. The van der Waals surface area contributed by atoms with Crippen molar-refractivity contribution < 1.29 is 9.21 Å². The van der Waals surface area contributed by atoms with Gasteiger partial charge in [-0.1, -0.05) is 12.1 Å². The van der Waals surface area contributed by atoms with Crippen molar-refractivity contribution in [3.63, 3.8) is 0 Å². The number of aromatic nitrogens is 2. The Kier molecular flexibility index (Phi) is 4.44. The van der Waals surface area contributed by atoms with Crippen LogP contribution in [0.2, 0.25) is 0 Å². The van der Waals surface area contributed by atoms with E-state index < -0.39 is 17.5 Å². The van der Waals surface area contributed by atoms with Gasteiger partial charge in [-0.3, -0.25) is 9.59 Å². The molecule has 1 N–H and O–H groups in total. The van der Waals surface area contributed by atoms with Crippen LogP contribution in [-0.2, 0) is 4.79 Å². The van der Waals surface area contributed by atoms with E-state index in [0.29, 0.717) is 22.7 Å². The van der Waals surface area contributed by atoms with Gasteiger partial charge in [-0.25, -0.2) is 4.68 Å². The van der Waals surface area contributed by atoms with Crippen LogP contribution in [0.5, 0.6) is 0 Å². The van der Waals surface area contributed by atoms with E-state index in [0.717, 1.165) is 4.68 Å². The largest absolute Gasteiger partial charge is 0.463 e. The standard InChI is InChI=1S/C18H14N4O3/c1-12(18(24)20-14-6-3-2-5-13(14)11-19)22-17(23)9-8-15(21-22)16-7-4-10-25-16/h2-10,12H,1H3,(H,20,24). The molecule has 0 fully saturated rings. The average Bonchev–Trinajstić information content (AvgIpc) is 3.16. The van der Waals surface area contributed by atoms with Crippen molar-refractivity contribution in [2.75, 3.05) is 5.32 Å². The zero-order valence-corrected chi connectivity index (χ0v) is 13.3. The van der Waals surface area contributed by atoms with Crippen molar-refractivity contribution in [1.29, 1.82) is 5.26 Å². The first-order valence-electron chi connectivity index (χ1n) is 7.54. The molecule has 1 atom stereocenters. The first kappa shape index (κ1) is 16.2. The Labute approximate surface area is 143 Å². The van der Waals surface area contributed by atoms with Gasteiger partial charge in [-0.05, 0) is 37.3 Å². The molecule has 0 saturated carbocycles. The first-order valence-corrected chi connectivity index (χ1v) is 7.54. The van der Waals surface area contributed by atoms with Gasteiger partial charge < -0.3 is 9.73 Å². The Bertz CT molecular complexity index is 1000. The van der Waals surface area contributed by atoms with Crippen LogP contribution in [0.3, 0.4) is 0 Å². The lowest BCUT2D eigenvalue weighted by Crippen LogP contribution is -2.33. The van der Waals surface area contributed by atoms with Gasteiger partial charge in [0.15, 0.2) is 5.76 Å². The molecular weight excluding hydrogens is 320 g/mol. The zero-order valence-electron chi connectivity index (χ0n) is 13.3. The number of benzene rings is 1. The Balaban J connectivity index is 1.89. The third kappa shape index (κ3) is 3.33. The second-order valence-corrected chi connectivity index (χ2v) is 5.30. The Morgan fingerprint density at radius 1 is 1.24 bits per heavy atom. The van der Waals surface area contributed by atoms with E-state index in [2.05, 4.69) is 10.4 Å². The smallest absolute Gasteiger partial charge is 0.267 e. The molecule has 3 aromatic rings. The number of furan rings is 1. The number of nitriles is 1. The third-order valence-electron chi connectivity index (χ3n) is 3.65. The molecule has 0 saturated heterocycles. The van der Waals surface area contributed by atoms with Crippen molar-refractivity contribution in [3.8, 4) is 17.5 Å². The summed E-state index contributed by atoms with van der Waals surface area (Å²) in [7, 11) is 0. The fourth-order valence-electron chi connectivity index (χ4n) is 2.30. The third-order valence-corrected chi connectivity index (χ3v) is 3.65. The predicted octanol–water partition coefficient (Wildman–Crippen LogP) is 2.57. The van der Waals surface area contributed by atoms with Gasteiger partial charge in [0, 0.05) is 6.07 Å². The van der Waals surface area contributed by atoms with E-state index in [4.69, 9.17) is 9.68 Å². The topological polar surface area (TPSA) is 101 Å². The van der Waals surface area contributed by atoms with Crippen molar-refractivity contribution >= 4 is 11.6 Å². The predicted molar refractivity (Wildman–Crippen MR) is 90.7 cm³/mol. The molecule has 2 aromatic heterocycles. The molecule has 0 aliphatic heterocycles. The summed E-state index contributed by atoms with van der Waals surface area (Å²) in [5, 5.41) is 16.0. The minimum Gasteiger partial charge on any atom is -0.463 e. The van der Waals surface area contributed by atoms with Gasteiger partial charge >= 0.3 is 0 Å². The molecule has 2 heterocycles. The molecule has 0 bridgehead atoms. The van der Waals surface area contributed by atoms with E-state index >= 15 is 0 Å². The van der Waals surface area contributed by atoms with Crippen molar-refractivity contribution in [2.24, 2.45) is 0 Å². The van der Waals surface area contributed by atoms with Gasteiger partial charge in [0.2, 0.25) is 5.91 Å². The van der Waals surface area contributed by atoms with E-state index in [9.17, 15) is 9.59 Å². The average molecular weight is 334 g/mol. The number of carbonyl (C=O) groups is 1. The van der Waals surface area contributed by atoms with Crippen molar-refractivity contribution in [3.05, 3.63) is 70.7 Å². The van der Waals surface area contributed by atoms with Gasteiger partial charge in [-0.15, -0.1) is 0 Å². The molecule has 0 radical (unpaired) electrons. The molecule has 7 heteroatoms. The van der Waals surface area contributed by atoms with E-state index in [1.807, 2.05) is 6.07 Å². The number of rotatable bonds is 4.